The van der Waals surface area contributed by atoms with Crippen molar-refractivity contribution >= 4 is 23.1 Å². The summed E-state index contributed by atoms with van der Waals surface area (Å²) in [6, 6.07) is 8.39. The Labute approximate surface area is 95.9 Å². The van der Waals surface area contributed by atoms with Crippen molar-refractivity contribution in [3.05, 3.63) is 53.2 Å². The molecule has 1 N–H and O–H groups in total. The molecule has 5 heteroatoms. The Hall–Kier alpha value is -1.68. The number of pyridine rings is 1. The van der Waals surface area contributed by atoms with Crippen LogP contribution in [-0.4, -0.2) is 4.98 Å². The van der Waals surface area contributed by atoms with Crippen LogP contribution in [0.3, 0.4) is 0 Å². The van der Waals surface area contributed by atoms with Crippen LogP contribution in [0.2, 0.25) is 5.15 Å². The predicted molar refractivity (Wildman–Crippen MR) is 58.9 cm³/mol. The van der Waals surface area contributed by atoms with E-state index in [1.807, 2.05) is 0 Å². The van der Waals surface area contributed by atoms with Crippen molar-refractivity contribution in [1.82, 2.24) is 4.98 Å². The molecule has 16 heavy (non-hydrogen) atoms. The number of aromatic nitrogens is 1. The van der Waals surface area contributed by atoms with E-state index in [-0.39, 0.29) is 16.7 Å². The highest BCUT2D eigenvalue weighted by Crippen LogP contribution is 2.22. The van der Waals surface area contributed by atoms with Crippen LogP contribution in [0.5, 0.6) is 0 Å². The average molecular weight is 241 g/mol. The first-order valence-electron chi connectivity index (χ1n) is 4.50. The van der Waals surface area contributed by atoms with Crippen molar-refractivity contribution in [1.29, 1.82) is 0 Å². The Balaban J connectivity index is 2.34. The molecule has 0 unspecified atom stereocenters. The van der Waals surface area contributed by atoms with Gasteiger partial charge in [-0.25, -0.2) is 13.8 Å². The molecular weight excluding hydrogens is 234 g/mol. The molecule has 2 rings (SSSR count). The summed E-state index contributed by atoms with van der Waals surface area (Å²) < 4.78 is 26.5. The van der Waals surface area contributed by atoms with Gasteiger partial charge in [0.2, 0.25) is 0 Å². The number of anilines is 2. The monoisotopic (exact) mass is 240 g/mol. The molecule has 1 heterocycles. The number of hydrogen-bond donors (Lipinski definition) is 1. The highest BCUT2D eigenvalue weighted by Gasteiger charge is 2.08. The molecule has 0 fully saturated rings. The fourth-order valence-corrected chi connectivity index (χ4v) is 1.39. The van der Waals surface area contributed by atoms with Crippen LogP contribution >= 0.6 is 11.6 Å². The van der Waals surface area contributed by atoms with Gasteiger partial charge in [-0.05, 0) is 24.3 Å². The van der Waals surface area contributed by atoms with E-state index in [2.05, 4.69) is 10.3 Å². The maximum atomic E-state index is 13.3. The number of rotatable bonds is 2. The van der Waals surface area contributed by atoms with E-state index in [4.69, 9.17) is 11.6 Å². The van der Waals surface area contributed by atoms with Gasteiger partial charge >= 0.3 is 0 Å². The van der Waals surface area contributed by atoms with E-state index in [0.29, 0.717) is 0 Å². The lowest BCUT2D eigenvalue weighted by atomic mass is 10.3. The summed E-state index contributed by atoms with van der Waals surface area (Å²) in [5.74, 6) is -1.07. The van der Waals surface area contributed by atoms with Gasteiger partial charge in [-0.1, -0.05) is 23.7 Å². The van der Waals surface area contributed by atoms with Crippen molar-refractivity contribution in [2.24, 2.45) is 0 Å². The largest absolute Gasteiger partial charge is 0.335 e. The van der Waals surface area contributed by atoms with Gasteiger partial charge in [-0.3, -0.25) is 0 Å². The third kappa shape index (κ3) is 2.28. The minimum absolute atomic E-state index is 0.239. The summed E-state index contributed by atoms with van der Waals surface area (Å²) in [4.78, 5) is 3.87. The lowest BCUT2D eigenvalue weighted by Crippen LogP contribution is -1.98. The van der Waals surface area contributed by atoms with Gasteiger partial charge < -0.3 is 5.32 Å². The van der Waals surface area contributed by atoms with E-state index < -0.39 is 11.6 Å². The number of nitrogens with one attached hydrogen (secondary N) is 1. The second-order valence-corrected chi connectivity index (χ2v) is 3.45. The number of halogens is 3. The molecule has 0 aliphatic carbocycles. The van der Waals surface area contributed by atoms with E-state index in [9.17, 15) is 8.78 Å². The van der Waals surface area contributed by atoms with Crippen LogP contribution in [-0.2, 0) is 0 Å². The Kier molecular flexibility index (Phi) is 3.01. The second-order valence-electron chi connectivity index (χ2n) is 3.07. The fraction of sp³-hybridized carbons (Fsp3) is 0. The standard InChI is InChI=1S/C11H7ClF2N2/c12-9-5-2-6-10(15-9)16-11-7(13)3-1-4-8(11)14/h1-6H,(H,15,16). The normalized spacial score (nSPS) is 10.2. The zero-order valence-corrected chi connectivity index (χ0v) is 8.80. The molecule has 1 aromatic heterocycles. The van der Waals surface area contributed by atoms with E-state index in [1.54, 1.807) is 18.2 Å². The van der Waals surface area contributed by atoms with Crippen molar-refractivity contribution in [3.63, 3.8) is 0 Å². The molecule has 0 atom stereocenters. The van der Waals surface area contributed by atoms with Crippen molar-refractivity contribution in [2.45, 2.75) is 0 Å². The summed E-state index contributed by atoms with van der Waals surface area (Å²) in [6.07, 6.45) is 0. The Bertz CT molecular complexity index is 497. The average Bonchev–Trinajstić information content (AvgIpc) is 2.24. The molecule has 0 radical (unpaired) electrons. The van der Waals surface area contributed by atoms with Crippen molar-refractivity contribution < 1.29 is 8.78 Å². The summed E-state index contributed by atoms with van der Waals surface area (Å²) in [5.41, 5.74) is -0.239. The predicted octanol–water partition coefficient (Wildman–Crippen LogP) is 3.76. The molecule has 0 aliphatic rings. The maximum Gasteiger partial charge on any atom is 0.149 e. The van der Waals surface area contributed by atoms with Gasteiger partial charge in [0.25, 0.3) is 0 Å². The van der Waals surface area contributed by atoms with Gasteiger partial charge in [-0.2, -0.15) is 0 Å². The van der Waals surface area contributed by atoms with E-state index in [1.165, 1.54) is 6.07 Å². The number of para-hydroxylation sites is 1. The Morgan fingerprint density at radius 3 is 2.25 bits per heavy atom. The zero-order chi connectivity index (χ0) is 11.5. The lowest BCUT2D eigenvalue weighted by Gasteiger charge is -2.07. The van der Waals surface area contributed by atoms with Crippen LogP contribution in [0.15, 0.2) is 36.4 Å². The third-order valence-electron chi connectivity index (χ3n) is 1.93. The maximum absolute atomic E-state index is 13.3. The van der Waals surface area contributed by atoms with Gasteiger partial charge in [0.05, 0.1) is 0 Å². The van der Waals surface area contributed by atoms with Gasteiger partial charge in [0, 0.05) is 0 Å². The van der Waals surface area contributed by atoms with Crippen molar-refractivity contribution in [3.8, 4) is 0 Å². The summed E-state index contributed by atoms with van der Waals surface area (Å²) >= 11 is 5.65. The minimum Gasteiger partial charge on any atom is -0.335 e. The molecule has 0 amide bonds. The molecule has 0 saturated heterocycles. The fourth-order valence-electron chi connectivity index (χ4n) is 1.22. The first kappa shape index (κ1) is 10.8. The Morgan fingerprint density at radius 1 is 1.00 bits per heavy atom. The van der Waals surface area contributed by atoms with Crippen molar-refractivity contribution in [2.75, 3.05) is 5.32 Å². The number of benzene rings is 1. The summed E-state index contributed by atoms with van der Waals surface area (Å²) in [5, 5.41) is 2.79. The molecule has 82 valence electrons. The summed E-state index contributed by atoms with van der Waals surface area (Å²) in [7, 11) is 0. The van der Waals surface area contributed by atoms with Gasteiger partial charge in [0.15, 0.2) is 0 Å². The quantitative estimate of drug-likeness (QED) is 0.809. The first-order chi connectivity index (χ1) is 7.66. The minimum atomic E-state index is -0.679. The summed E-state index contributed by atoms with van der Waals surface area (Å²) in [6.45, 7) is 0. The third-order valence-corrected chi connectivity index (χ3v) is 2.14. The topological polar surface area (TPSA) is 24.9 Å². The smallest absolute Gasteiger partial charge is 0.149 e. The van der Waals surface area contributed by atoms with Crippen LogP contribution in [0.4, 0.5) is 20.3 Å². The zero-order valence-electron chi connectivity index (χ0n) is 8.05. The van der Waals surface area contributed by atoms with E-state index >= 15 is 0 Å². The highest BCUT2D eigenvalue weighted by atomic mass is 35.5. The second kappa shape index (κ2) is 4.45. The molecular formula is C11H7ClF2N2. The molecule has 0 saturated carbocycles. The number of nitrogens with zero attached hydrogens (tertiary/aromatic N) is 1. The number of hydrogen-bond acceptors (Lipinski definition) is 2. The van der Waals surface area contributed by atoms with Crippen LogP contribution in [0.1, 0.15) is 0 Å². The molecule has 0 spiro atoms. The van der Waals surface area contributed by atoms with Gasteiger partial charge in [0.1, 0.15) is 28.3 Å². The van der Waals surface area contributed by atoms with Crippen LogP contribution in [0, 0.1) is 11.6 Å². The molecule has 0 aliphatic heterocycles. The first-order valence-corrected chi connectivity index (χ1v) is 4.88. The van der Waals surface area contributed by atoms with Crippen LogP contribution < -0.4 is 5.32 Å². The Morgan fingerprint density at radius 2 is 1.62 bits per heavy atom. The molecule has 0 bridgehead atoms. The molecule has 2 aromatic rings. The van der Waals surface area contributed by atoms with E-state index in [0.717, 1.165) is 12.1 Å². The van der Waals surface area contributed by atoms with Crippen LogP contribution in [0.25, 0.3) is 0 Å². The van der Waals surface area contributed by atoms with Gasteiger partial charge in [-0.15, -0.1) is 0 Å². The SMILES string of the molecule is Fc1cccc(F)c1Nc1cccc(Cl)n1. The highest BCUT2D eigenvalue weighted by molar-refractivity contribution is 6.29. The molecule has 2 nitrogen and oxygen atoms in total. The lowest BCUT2D eigenvalue weighted by molar-refractivity contribution is 0.590. The molecule has 1 aromatic carbocycles.